The van der Waals surface area contributed by atoms with E-state index in [2.05, 4.69) is 6.92 Å². The van der Waals surface area contributed by atoms with Crippen molar-refractivity contribution < 1.29 is 9.59 Å². The quantitative estimate of drug-likeness (QED) is 0.833. The molecular weight excluding hydrogens is 312 g/mol. The van der Waals surface area contributed by atoms with E-state index in [1.807, 2.05) is 4.90 Å². The Morgan fingerprint density at radius 3 is 2.48 bits per heavy atom. The van der Waals surface area contributed by atoms with Crippen LogP contribution in [0, 0.1) is 5.92 Å². The molecule has 2 aliphatic rings. The number of hydrogen-bond acceptors (Lipinski definition) is 2. The normalized spacial score (nSPS) is 22.4. The van der Waals surface area contributed by atoms with Crippen molar-refractivity contribution in [1.29, 1.82) is 0 Å². The van der Waals surface area contributed by atoms with Crippen LogP contribution in [0.4, 0.5) is 0 Å². The van der Waals surface area contributed by atoms with Crippen molar-refractivity contribution >= 4 is 23.4 Å². The van der Waals surface area contributed by atoms with E-state index in [1.54, 1.807) is 29.2 Å². The van der Waals surface area contributed by atoms with Crippen LogP contribution in [0.3, 0.4) is 0 Å². The summed E-state index contributed by atoms with van der Waals surface area (Å²) < 4.78 is 0. The van der Waals surface area contributed by atoms with E-state index in [-0.39, 0.29) is 17.9 Å². The predicted octanol–water partition coefficient (Wildman–Crippen LogP) is 3.20. The molecule has 0 N–H and O–H groups in total. The van der Waals surface area contributed by atoms with E-state index in [0.717, 1.165) is 38.8 Å². The number of rotatable bonds is 2. The van der Waals surface area contributed by atoms with Crippen LogP contribution in [0.1, 0.15) is 43.0 Å². The molecule has 0 aliphatic carbocycles. The van der Waals surface area contributed by atoms with Gasteiger partial charge in [0.15, 0.2) is 0 Å². The predicted molar refractivity (Wildman–Crippen MR) is 90.5 cm³/mol. The standard InChI is InChI=1S/C18H23ClN2O2/c1-13-8-11-20(12-9-13)18(23)16-7-4-10-21(16)17(22)14-5-2-3-6-15(14)19/h2-3,5-6,13,16H,4,7-12H2,1H3/t16-/m0/s1. The van der Waals surface area contributed by atoms with Crippen LogP contribution in [-0.4, -0.2) is 47.3 Å². The van der Waals surface area contributed by atoms with Crippen LogP contribution in [-0.2, 0) is 4.79 Å². The average Bonchev–Trinajstić information content (AvgIpc) is 3.04. The number of hydrogen-bond donors (Lipinski definition) is 0. The van der Waals surface area contributed by atoms with Gasteiger partial charge in [0, 0.05) is 19.6 Å². The second-order valence-corrected chi connectivity index (χ2v) is 7.05. The van der Waals surface area contributed by atoms with Crippen LogP contribution in [0.15, 0.2) is 24.3 Å². The van der Waals surface area contributed by atoms with E-state index in [4.69, 9.17) is 11.6 Å². The Kier molecular flexibility index (Phi) is 4.90. The molecule has 0 bridgehead atoms. The van der Waals surface area contributed by atoms with Crippen molar-refractivity contribution in [3.8, 4) is 0 Å². The molecule has 4 nitrogen and oxygen atoms in total. The molecule has 23 heavy (non-hydrogen) atoms. The number of benzene rings is 1. The molecule has 2 saturated heterocycles. The maximum absolute atomic E-state index is 12.8. The largest absolute Gasteiger partial charge is 0.341 e. The zero-order valence-electron chi connectivity index (χ0n) is 13.5. The van der Waals surface area contributed by atoms with Crippen molar-refractivity contribution in [1.82, 2.24) is 9.80 Å². The summed E-state index contributed by atoms with van der Waals surface area (Å²) in [5.41, 5.74) is 0.487. The molecule has 3 rings (SSSR count). The topological polar surface area (TPSA) is 40.6 Å². The summed E-state index contributed by atoms with van der Waals surface area (Å²) in [6.07, 6.45) is 3.73. The molecule has 2 fully saturated rings. The lowest BCUT2D eigenvalue weighted by Gasteiger charge is -2.34. The summed E-state index contributed by atoms with van der Waals surface area (Å²) in [4.78, 5) is 29.3. The second kappa shape index (κ2) is 6.91. The third-order valence-electron chi connectivity index (χ3n) is 5.00. The molecular formula is C18H23ClN2O2. The van der Waals surface area contributed by atoms with Crippen LogP contribution in [0.2, 0.25) is 5.02 Å². The van der Waals surface area contributed by atoms with Crippen molar-refractivity contribution in [3.05, 3.63) is 34.9 Å². The average molecular weight is 335 g/mol. The van der Waals surface area contributed by atoms with Gasteiger partial charge in [-0.1, -0.05) is 30.7 Å². The lowest BCUT2D eigenvalue weighted by molar-refractivity contribution is -0.136. The van der Waals surface area contributed by atoms with E-state index in [0.29, 0.717) is 23.0 Å². The van der Waals surface area contributed by atoms with Crippen LogP contribution in [0.25, 0.3) is 0 Å². The summed E-state index contributed by atoms with van der Waals surface area (Å²) in [6.45, 7) is 4.48. The highest BCUT2D eigenvalue weighted by Gasteiger charge is 2.37. The zero-order valence-corrected chi connectivity index (χ0v) is 14.3. The van der Waals surface area contributed by atoms with Crippen LogP contribution in [0.5, 0.6) is 0 Å². The minimum atomic E-state index is -0.327. The molecule has 1 atom stereocenters. The molecule has 2 heterocycles. The Labute approximate surface area is 142 Å². The van der Waals surface area contributed by atoms with Gasteiger partial charge in [-0.2, -0.15) is 0 Å². The molecule has 0 radical (unpaired) electrons. The molecule has 0 spiro atoms. The van der Waals surface area contributed by atoms with E-state index in [1.165, 1.54) is 0 Å². The fraction of sp³-hybridized carbons (Fsp3) is 0.556. The van der Waals surface area contributed by atoms with Gasteiger partial charge in [0.25, 0.3) is 5.91 Å². The van der Waals surface area contributed by atoms with Gasteiger partial charge in [-0.3, -0.25) is 9.59 Å². The van der Waals surface area contributed by atoms with Crippen molar-refractivity contribution in [2.24, 2.45) is 5.92 Å². The lowest BCUT2D eigenvalue weighted by atomic mass is 9.98. The Hall–Kier alpha value is -1.55. The number of likely N-dealkylation sites (tertiary alicyclic amines) is 2. The smallest absolute Gasteiger partial charge is 0.256 e. The zero-order chi connectivity index (χ0) is 16.4. The monoisotopic (exact) mass is 334 g/mol. The summed E-state index contributed by atoms with van der Waals surface area (Å²) in [5.74, 6) is 0.662. The molecule has 5 heteroatoms. The summed E-state index contributed by atoms with van der Waals surface area (Å²) in [5, 5.41) is 0.447. The van der Waals surface area contributed by atoms with Gasteiger partial charge in [0.2, 0.25) is 5.91 Å². The highest BCUT2D eigenvalue weighted by atomic mass is 35.5. The first-order valence-electron chi connectivity index (χ1n) is 8.42. The number of halogens is 1. The first-order valence-corrected chi connectivity index (χ1v) is 8.80. The highest BCUT2D eigenvalue weighted by Crippen LogP contribution is 2.26. The maximum Gasteiger partial charge on any atom is 0.256 e. The summed E-state index contributed by atoms with van der Waals surface area (Å²) in [7, 11) is 0. The maximum atomic E-state index is 12.8. The first kappa shape index (κ1) is 16.3. The number of nitrogens with zero attached hydrogens (tertiary/aromatic N) is 2. The van der Waals surface area contributed by atoms with Gasteiger partial charge in [0.1, 0.15) is 6.04 Å². The SMILES string of the molecule is CC1CCN(C(=O)[C@@H]2CCCN2C(=O)c2ccccc2Cl)CC1. The Bertz CT molecular complexity index is 596. The second-order valence-electron chi connectivity index (χ2n) is 6.64. The first-order chi connectivity index (χ1) is 11.1. The Morgan fingerprint density at radius 1 is 1.09 bits per heavy atom. The third kappa shape index (κ3) is 3.37. The van der Waals surface area contributed by atoms with Crippen LogP contribution >= 0.6 is 11.6 Å². The third-order valence-corrected chi connectivity index (χ3v) is 5.33. The van der Waals surface area contributed by atoms with Gasteiger partial charge < -0.3 is 9.80 Å². The number of piperidine rings is 1. The van der Waals surface area contributed by atoms with E-state index in [9.17, 15) is 9.59 Å². The number of amides is 2. The van der Waals surface area contributed by atoms with Crippen molar-refractivity contribution in [3.63, 3.8) is 0 Å². The lowest BCUT2D eigenvalue weighted by Crippen LogP contribution is -2.49. The summed E-state index contributed by atoms with van der Waals surface area (Å²) in [6, 6.07) is 6.73. The molecule has 1 aromatic carbocycles. The summed E-state index contributed by atoms with van der Waals surface area (Å²) >= 11 is 6.15. The van der Waals surface area contributed by atoms with Gasteiger partial charge in [-0.05, 0) is 43.7 Å². The molecule has 2 aliphatic heterocycles. The fourth-order valence-electron chi connectivity index (χ4n) is 3.50. The highest BCUT2D eigenvalue weighted by molar-refractivity contribution is 6.33. The Morgan fingerprint density at radius 2 is 1.78 bits per heavy atom. The molecule has 2 amide bonds. The molecule has 1 aromatic rings. The molecule has 0 unspecified atom stereocenters. The van der Waals surface area contributed by atoms with E-state index < -0.39 is 0 Å². The van der Waals surface area contributed by atoms with Crippen LogP contribution < -0.4 is 0 Å². The molecule has 124 valence electrons. The van der Waals surface area contributed by atoms with Gasteiger partial charge >= 0.3 is 0 Å². The minimum Gasteiger partial charge on any atom is -0.341 e. The molecule has 0 aromatic heterocycles. The van der Waals surface area contributed by atoms with E-state index >= 15 is 0 Å². The van der Waals surface area contributed by atoms with Crippen molar-refractivity contribution in [2.45, 2.75) is 38.6 Å². The van der Waals surface area contributed by atoms with Crippen molar-refractivity contribution in [2.75, 3.05) is 19.6 Å². The minimum absolute atomic E-state index is 0.106. The fourth-order valence-corrected chi connectivity index (χ4v) is 3.71. The van der Waals surface area contributed by atoms with Gasteiger partial charge in [-0.15, -0.1) is 0 Å². The van der Waals surface area contributed by atoms with Gasteiger partial charge in [0.05, 0.1) is 10.6 Å². The molecule has 0 saturated carbocycles. The van der Waals surface area contributed by atoms with Gasteiger partial charge in [-0.25, -0.2) is 0 Å². The number of carbonyl (C=O) groups excluding carboxylic acids is 2. The number of carbonyl (C=O) groups is 2. The Balaban J connectivity index is 1.74.